The summed E-state index contributed by atoms with van der Waals surface area (Å²) in [5.41, 5.74) is 1.57. The lowest BCUT2D eigenvalue weighted by molar-refractivity contribution is 0.167. The van der Waals surface area contributed by atoms with Gasteiger partial charge in [0, 0.05) is 4.47 Å². The van der Waals surface area contributed by atoms with Crippen molar-refractivity contribution in [3.05, 3.63) is 22.3 Å². The van der Waals surface area contributed by atoms with E-state index in [9.17, 15) is 4.79 Å². The Kier molecular flexibility index (Phi) is 3.28. The van der Waals surface area contributed by atoms with Crippen LogP contribution in [0.4, 0.5) is 10.7 Å². The third kappa shape index (κ3) is 2.38. The van der Waals surface area contributed by atoms with Gasteiger partial charge in [0.05, 0.1) is 12.3 Å². The topological polar surface area (TPSA) is 68.5 Å². The minimum Gasteiger partial charge on any atom is -0.450 e. The average Bonchev–Trinajstić information content (AvgIpc) is 2.67. The van der Waals surface area contributed by atoms with Crippen molar-refractivity contribution in [2.45, 2.75) is 13.8 Å². The predicted molar refractivity (Wildman–Crippen MR) is 66.1 cm³/mol. The number of hydrogen-bond donors (Lipinski definition) is 1. The number of aryl methyl sites for hydroxylation is 1. The fourth-order valence-electron chi connectivity index (χ4n) is 1.36. The Hall–Kier alpha value is -1.63. The molecule has 6 nitrogen and oxygen atoms in total. The standard InChI is InChI=1S/C10H11BrN4O2/c1-3-17-10(16)13-9-12-8-5-4-7(11)6(2)15(8)14-9/h4-5H,3H2,1-2H3,(H,13,14,16). The molecule has 7 heteroatoms. The number of anilines is 1. The van der Waals surface area contributed by atoms with Crippen LogP contribution in [0, 0.1) is 6.92 Å². The summed E-state index contributed by atoms with van der Waals surface area (Å²) in [6, 6.07) is 3.69. The number of ether oxygens (including phenoxy) is 1. The van der Waals surface area contributed by atoms with Crippen molar-refractivity contribution in [1.82, 2.24) is 14.6 Å². The molecular formula is C10H11BrN4O2. The SMILES string of the molecule is CCOC(=O)Nc1nc2ccc(Br)c(C)n2n1. The number of carbonyl (C=O) groups is 1. The highest BCUT2D eigenvalue weighted by Gasteiger charge is 2.10. The van der Waals surface area contributed by atoms with Crippen molar-refractivity contribution < 1.29 is 9.53 Å². The van der Waals surface area contributed by atoms with Gasteiger partial charge in [0.15, 0.2) is 5.65 Å². The van der Waals surface area contributed by atoms with Crippen molar-refractivity contribution >= 4 is 33.6 Å². The van der Waals surface area contributed by atoms with E-state index in [1.54, 1.807) is 17.5 Å². The second-order valence-electron chi connectivity index (χ2n) is 3.32. The van der Waals surface area contributed by atoms with Gasteiger partial charge in [-0.05, 0) is 41.9 Å². The predicted octanol–water partition coefficient (Wildman–Crippen LogP) is 2.37. The van der Waals surface area contributed by atoms with Crippen LogP contribution in [0.3, 0.4) is 0 Å². The summed E-state index contributed by atoms with van der Waals surface area (Å²) in [7, 11) is 0. The maximum Gasteiger partial charge on any atom is 0.414 e. The summed E-state index contributed by atoms with van der Waals surface area (Å²) in [6.45, 7) is 3.95. The molecule has 0 bridgehead atoms. The van der Waals surface area contributed by atoms with Gasteiger partial charge in [-0.1, -0.05) is 0 Å². The molecule has 0 radical (unpaired) electrons. The van der Waals surface area contributed by atoms with E-state index < -0.39 is 6.09 Å². The van der Waals surface area contributed by atoms with Crippen LogP contribution in [0.1, 0.15) is 12.6 Å². The second-order valence-corrected chi connectivity index (χ2v) is 4.17. The van der Waals surface area contributed by atoms with Gasteiger partial charge < -0.3 is 4.74 Å². The van der Waals surface area contributed by atoms with E-state index in [2.05, 4.69) is 31.3 Å². The van der Waals surface area contributed by atoms with Gasteiger partial charge in [0.25, 0.3) is 5.95 Å². The molecular weight excluding hydrogens is 288 g/mol. The van der Waals surface area contributed by atoms with Crippen molar-refractivity contribution in [3.8, 4) is 0 Å². The van der Waals surface area contributed by atoms with Crippen LogP contribution in [0.15, 0.2) is 16.6 Å². The van der Waals surface area contributed by atoms with E-state index in [0.29, 0.717) is 12.3 Å². The molecule has 0 saturated heterocycles. The molecule has 0 saturated carbocycles. The number of nitrogens with zero attached hydrogens (tertiary/aromatic N) is 3. The van der Waals surface area contributed by atoms with Crippen LogP contribution in [0.2, 0.25) is 0 Å². The fourth-order valence-corrected chi connectivity index (χ4v) is 1.66. The van der Waals surface area contributed by atoms with Crippen LogP contribution in [-0.2, 0) is 4.74 Å². The lowest BCUT2D eigenvalue weighted by Gasteiger charge is -2.00. The number of halogens is 1. The molecule has 90 valence electrons. The minimum absolute atomic E-state index is 0.227. The van der Waals surface area contributed by atoms with Crippen LogP contribution in [0.5, 0.6) is 0 Å². The molecule has 0 aromatic carbocycles. The highest BCUT2D eigenvalue weighted by molar-refractivity contribution is 9.10. The largest absolute Gasteiger partial charge is 0.450 e. The van der Waals surface area contributed by atoms with E-state index in [4.69, 9.17) is 4.74 Å². The first-order valence-electron chi connectivity index (χ1n) is 5.07. The highest BCUT2D eigenvalue weighted by Crippen LogP contribution is 2.17. The van der Waals surface area contributed by atoms with Crippen LogP contribution >= 0.6 is 15.9 Å². The molecule has 0 fully saturated rings. The number of amides is 1. The molecule has 2 aromatic rings. The van der Waals surface area contributed by atoms with Crippen molar-refractivity contribution in [2.75, 3.05) is 11.9 Å². The van der Waals surface area contributed by atoms with Crippen molar-refractivity contribution in [1.29, 1.82) is 0 Å². The Balaban J connectivity index is 2.32. The normalized spacial score (nSPS) is 10.5. The lowest BCUT2D eigenvalue weighted by Crippen LogP contribution is -2.14. The number of nitrogens with one attached hydrogen (secondary N) is 1. The summed E-state index contributed by atoms with van der Waals surface area (Å²) < 4.78 is 7.32. The Labute approximate surface area is 106 Å². The van der Waals surface area contributed by atoms with Crippen LogP contribution in [-0.4, -0.2) is 27.3 Å². The zero-order valence-electron chi connectivity index (χ0n) is 9.40. The monoisotopic (exact) mass is 298 g/mol. The molecule has 1 amide bonds. The number of fused-ring (bicyclic) bond motifs is 1. The summed E-state index contributed by atoms with van der Waals surface area (Å²) >= 11 is 3.40. The number of aromatic nitrogens is 3. The first-order valence-corrected chi connectivity index (χ1v) is 5.86. The second kappa shape index (κ2) is 4.70. The van der Waals surface area contributed by atoms with E-state index >= 15 is 0 Å². The summed E-state index contributed by atoms with van der Waals surface area (Å²) in [5, 5.41) is 6.62. The summed E-state index contributed by atoms with van der Waals surface area (Å²) in [6.07, 6.45) is -0.555. The van der Waals surface area contributed by atoms with E-state index in [1.165, 1.54) is 0 Å². The van der Waals surface area contributed by atoms with E-state index in [-0.39, 0.29) is 5.95 Å². The van der Waals surface area contributed by atoms with Crippen molar-refractivity contribution in [3.63, 3.8) is 0 Å². The molecule has 0 aliphatic carbocycles. The molecule has 0 spiro atoms. The zero-order valence-corrected chi connectivity index (χ0v) is 11.0. The third-order valence-corrected chi connectivity index (χ3v) is 3.00. The lowest BCUT2D eigenvalue weighted by atomic mass is 10.4. The van der Waals surface area contributed by atoms with E-state index in [1.807, 2.05) is 13.0 Å². The Morgan fingerprint density at radius 1 is 1.59 bits per heavy atom. The molecule has 1 N–H and O–H groups in total. The van der Waals surface area contributed by atoms with Crippen LogP contribution in [0.25, 0.3) is 5.65 Å². The van der Waals surface area contributed by atoms with Gasteiger partial charge in [-0.25, -0.2) is 9.31 Å². The third-order valence-electron chi connectivity index (χ3n) is 2.16. The molecule has 0 atom stereocenters. The quantitative estimate of drug-likeness (QED) is 0.924. The molecule has 2 rings (SSSR count). The Morgan fingerprint density at radius 3 is 3.06 bits per heavy atom. The van der Waals surface area contributed by atoms with Gasteiger partial charge in [0.2, 0.25) is 0 Å². The highest BCUT2D eigenvalue weighted by atomic mass is 79.9. The molecule has 0 aliphatic heterocycles. The van der Waals surface area contributed by atoms with E-state index in [0.717, 1.165) is 10.2 Å². The summed E-state index contributed by atoms with van der Waals surface area (Å²) in [4.78, 5) is 15.4. The molecule has 2 heterocycles. The Morgan fingerprint density at radius 2 is 2.35 bits per heavy atom. The smallest absolute Gasteiger partial charge is 0.414 e. The van der Waals surface area contributed by atoms with Crippen LogP contribution < -0.4 is 5.32 Å². The summed E-state index contributed by atoms with van der Waals surface area (Å²) in [5.74, 6) is 0.227. The maximum absolute atomic E-state index is 11.2. The number of pyridine rings is 1. The van der Waals surface area contributed by atoms with Gasteiger partial charge in [-0.2, -0.15) is 4.98 Å². The molecule has 0 unspecified atom stereocenters. The zero-order chi connectivity index (χ0) is 12.4. The molecule has 17 heavy (non-hydrogen) atoms. The Bertz CT molecular complexity index is 567. The fraction of sp³-hybridized carbons (Fsp3) is 0.300. The first kappa shape index (κ1) is 11.8. The van der Waals surface area contributed by atoms with Crippen molar-refractivity contribution in [2.24, 2.45) is 0 Å². The van der Waals surface area contributed by atoms with Gasteiger partial charge in [-0.3, -0.25) is 5.32 Å². The first-order chi connectivity index (χ1) is 8.11. The molecule has 2 aromatic heterocycles. The number of hydrogen-bond acceptors (Lipinski definition) is 4. The number of rotatable bonds is 2. The van der Waals surface area contributed by atoms with Gasteiger partial charge in [-0.15, -0.1) is 5.10 Å². The maximum atomic E-state index is 11.2. The van der Waals surface area contributed by atoms with Gasteiger partial charge in [0.1, 0.15) is 0 Å². The minimum atomic E-state index is -0.555. The average molecular weight is 299 g/mol. The molecule has 0 aliphatic rings. The number of carbonyl (C=O) groups excluding carboxylic acids is 1. The van der Waals surface area contributed by atoms with Gasteiger partial charge >= 0.3 is 6.09 Å².